The van der Waals surface area contributed by atoms with E-state index in [2.05, 4.69) is 24.3 Å². The van der Waals surface area contributed by atoms with E-state index in [0.717, 1.165) is 43.8 Å². The highest BCUT2D eigenvalue weighted by molar-refractivity contribution is 6.22. The lowest BCUT2D eigenvalue weighted by atomic mass is 9.89. The molecule has 0 bridgehead atoms. The highest BCUT2D eigenvalue weighted by atomic mass is 16.1. The van der Waals surface area contributed by atoms with Crippen molar-refractivity contribution >= 4 is 27.3 Å². The van der Waals surface area contributed by atoms with Crippen LogP contribution < -0.4 is 0 Å². The Morgan fingerprint density at radius 2 is 1.00 bits per heavy atom. The molecule has 1 heteroatoms. The Morgan fingerprint density at radius 3 is 1.46 bits per heavy atom. The van der Waals surface area contributed by atoms with Gasteiger partial charge in [-0.15, -0.1) is 0 Å². The highest BCUT2D eigenvalue weighted by Gasteiger charge is 2.19. The van der Waals surface area contributed by atoms with Gasteiger partial charge in [0.25, 0.3) is 0 Å². The third-order valence-electron chi connectivity index (χ3n) is 4.73. The van der Waals surface area contributed by atoms with E-state index in [4.69, 9.17) is 0 Å². The fourth-order valence-electron chi connectivity index (χ4n) is 3.49. The second-order valence-corrected chi connectivity index (χ2v) is 6.29. The molecule has 4 aromatic carbocycles. The molecule has 4 rings (SSSR count). The first-order valence-corrected chi connectivity index (χ1v) is 8.18. The van der Waals surface area contributed by atoms with Gasteiger partial charge in [0.2, 0.25) is 0 Å². The molecule has 0 saturated heterocycles. The zero-order valence-electron chi connectivity index (χ0n) is 13.8. The van der Waals surface area contributed by atoms with Gasteiger partial charge in [-0.1, -0.05) is 72.8 Å². The molecule has 0 aliphatic carbocycles. The Kier molecular flexibility index (Phi) is 3.42. The molecule has 0 aromatic heterocycles. The van der Waals surface area contributed by atoms with Crippen molar-refractivity contribution in [1.82, 2.24) is 0 Å². The first-order chi connectivity index (χ1) is 11.7. The number of aryl methyl sites for hydroxylation is 2. The van der Waals surface area contributed by atoms with E-state index >= 15 is 0 Å². The number of fused-ring (bicyclic) bond motifs is 2. The number of hydrogen-bond donors (Lipinski definition) is 0. The minimum Gasteiger partial charge on any atom is -0.289 e. The Bertz CT molecular complexity index is 1000. The summed E-state index contributed by atoms with van der Waals surface area (Å²) in [5, 5.41) is 4.25. The average molecular weight is 310 g/mol. The Hall–Kier alpha value is -2.93. The molecule has 0 fully saturated rings. The topological polar surface area (TPSA) is 17.1 Å². The van der Waals surface area contributed by atoms with Crippen LogP contribution in [0.1, 0.15) is 27.0 Å². The molecular formula is C23H18O. The first-order valence-electron chi connectivity index (χ1n) is 8.18. The molecule has 0 aliphatic heterocycles. The summed E-state index contributed by atoms with van der Waals surface area (Å²) in [4.78, 5) is 13.5. The van der Waals surface area contributed by atoms with Crippen molar-refractivity contribution in [3.63, 3.8) is 0 Å². The van der Waals surface area contributed by atoms with Crippen LogP contribution in [0.15, 0.2) is 72.8 Å². The van der Waals surface area contributed by atoms with Gasteiger partial charge < -0.3 is 0 Å². The maximum absolute atomic E-state index is 13.5. The summed E-state index contributed by atoms with van der Waals surface area (Å²) < 4.78 is 0. The van der Waals surface area contributed by atoms with Crippen molar-refractivity contribution in [2.45, 2.75) is 13.8 Å². The quantitative estimate of drug-likeness (QED) is 0.425. The molecule has 0 aliphatic rings. The molecule has 24 heavy (non-hydrogen) atoms. The summed E-state index contributed by atoms with van der Waals surface area (Å²) in [5.41, 5.74) is 3.66. The number of hydrogen-bond acceptors (Lipinski definition) is 1. The third kappa shape index (κ3) is 2.21. The van der Waals surface area contributed by atoms with Crippen LogP contribution in [0.3, 0.4) is 0 Å². The smallest absolute Gasteiger partial charge is 0.194 e. The van der Waals surface area contributed by atoms with Crippen molar-refractivity contribution in [2.75, 3.05) is 0 Å². The fourth-order valence-corrected chi connectivity index (χ4v) is 3.49. The van der Waals surface area contributed by atoms with Gasteiger partial charge in [-0.3, -0.25) is 4.79 Å². The standard InChI is InChI=1S/C23H18O/c1-15-11-13-17-7-3-5-9-19(17)21(15)23(24)22-16(2)12-14-18-8-4-6-10-20(18)22/h3-14H,1-2H3. The molecule has 0 atom stereocenters. The number of carbonyl (C=O) groups is 1. The zero-order valence-corrected chi connectivity index (χ0v) is 13.8. The SMILES string of the molecule is Cc1ccc2ccccc2c1C(=O)c1c(C)ccc2ccccc12. The van der Waals surface area contributed by atoms with Crippen LogP contribution in [0, 0.1) is 13.8 Å². The zero-order chi connectivity index (χ0) is 16.7. The summed E-state index contributed by atoms with van der Waals surface area (Å²) in [6, 6.07) is 24.4. The molecule has 0 spiro atoms. The number of ketones is 1. The van der Waals surface area contributed by atoms with Gasteiger partial charge >= 0.3 is 0 Å². The fraction of sp³-hybridized carbons (Fsp3) is 0.0870. The monoisotopic (exact) mass is 310 g/mol. The molecule has 0 radical (unpaired) electrons. The summed E-state index contributed by atoms with van der Waals surface area (Å²) in [6.45, 7) is 4.03. The van der Waals surface area contributed by atoms with Gasteiger partial charge in [-0.25, -0.2) is 0 Å². The second kappa shape index (κ2) is 5.61. The predicted molar refractivity (Wildman–Crippen MR) is 101 cm³/mol. The lowest BCUT2D eigenvalue weighted by Gasteiger charge is -2.13. The molecule has 0 saturated carbocycles. The van der Waals surface area contributed by atoms with Gasteiger partial charge in [0.1, 0.15) is 0 Å². The van der Waals surface area contributed by atoms with Gasteiger partial charge in [0.15, 0.2) is 5.78 Å². The molecular weight excluding hydrogens is 292 g/mol. The van der Waals surface area contributed by atoms with E-state index in [0.29, 0.717) is 0 Å². The van der Waals surface area contributed by atoms with Crippen LogP contribution in [-0.2, 0) is 0 Å². The van der Waals surface area contributed by atoms with Crippen LogP contribution in [0.2, 0.25) is 0 Å². The minimum absolute atomic E-state index is 0.110. The molecule has 1 nitrogen and oxygen atoms in total. The van der Waals surface area contributed by atoms with Crippen LogP contribution in [0.5, 0.6) is 0 Å². The van der Waals surface area contributed by atoms with Gasteiger partial charge in [0, 0.05) is 11.1 Å². The van der Waals surface area contributed by atoms with E-state index in [-0.39, 0.29) is 5.78 Å². The maximum atomic E-state index is 13.5. The van der Waals surface area contributed by atoms with E-state index in [1.807, 2.05) is 62.4 Å². The summed E-state index contributed by atoms with van der Waals surface area (Å²) >= 11 is 0. The molecule has 0 amide bonds. The van der Waals surface area contributed by atoms with Gasteiger partial charge in [-0.2, -0.15) is 0 Å². The van der Waals surface area contributed by atoms with Crippen LogP contribution in [0.4, 0.5) is 0 Å². The van der Waals surface area contributed by atoms with Crippen LogP contribution >= 0.6 is 0 Å². The molecule has 0 heterocycles. The largest absolute Gasteiger partial charge is 0.289 e. The molecule has 4 aromatic rings. The predicted octanol–water partition coefficient (Wildman–Crippen LogP) is 5.84. The molecule has 116 valence electrons. The van der Waals surface area contributed by atoms with E-state index in [9.17, 15) is 4.79 Å². The lowest BCUT2D eigenvalue weighted by Crippen LogP contribution is -2.07. The van der Waals surface area contributed by atoms with Crippen molar-refractivity contribution in [3.8, 4) is 0 Å². The summed E-state index contributed by atoms with van der Waals surface area (Å²) in [5.74, 6) is 0.110. The second-order valence-electron chi connectivity index (χ2n) is 6.29. The minimum atomic E-state index is 0.110. The maximum Gasteiger partial charge on any atom is 0.194 e. The van der Waals surface area contributed by atoms with Crippen LogP contribution in [0.25, 0.3) is 21.5 Å². The van der Waals surface area contributed by atoms with E-state index in [1.165, 1.54) is 0 Å². The average Bonchev–Trinajstić information content (AvgIpc) is 2.61. The summed E-state index contributed by atoms with van der Waals surface area (Å²) in [7, 11) is 0. The number of carbonyl (C=O) groups excluding carboxylic acids is 1. The van der Waals surface area contributed by atoms with Crippen molar-refractivity contribution in [3.05, 3.63) is 95.1 Å². The Balaban J connectivity index is 2.05. The van der Waals surface area contributed by atoms with Gasteiger partial charge in [-0.05, 0) is 46.5 Å². The van der Waals surface area contributed by atoms with Crippen molar-refractivity contribution in [1.29, 1.82) is 0 Å². The van der Waals surface area contributed by atoms with Gasteiger partial charge in [0.05, 0.1) is 0 Å². The highest BCUT2D eigenvalue weighted by Crippen LogP contribution is 2.29. The summed E-state index contributed by atoms with van der Waals surface area (Å²) in [6.07, 6.45) is 0. The van der Waals surface area contributed by atoms with Crippen LogP contribution in [-0.4, -0.2) is 5.78 Å². The third-order valence-corrected chi connectivity index (χ3v) is 4.73. The Labute approximate surface area is 141 Å². The number of benzene rings is 4. The van der Waals surface area contributed by atoms with Crippen molar-refractivity contribution < 1.29 is 4.79 Å². The first kappa shape index (κ1) is 14.6. The lowest BCUT2D eigenvalue weighted by molar-refractivity contribution is 0.104. The van der Waals surface area contributed by atoms with Crippen molar-refractivity contribution in [2.24, 2.45) is 0 Å². The Morgan fingerprint density at radius 1 is 0.583 bits per heavy atom. The molecule has 0 N–H and O–H groups in total. The van der Waals surface area contributed by atoms with E-state index < -0.39 is 0 Å². The van der Waals surface area contributed by atoms with E-state index in [1.54, 1.807) is 0 Å². The normalized spacial score (nSPS) is 11.1. The number of rotatable bonds is 2. The molecule has 0 unspecified atom stereocenters.